The molecule has 1 aromatic carbocycles. The summed E-state index contributed by atoms with van der Waals surface area (Å²) in [5, 5.41) is 7.61. The molecule has 2 amide bonds. The number of piperazine rings is 1. The summed E-state index contributed by atoms with van der Waals surface area (Å²) in [6.07, 6.45) is 1.79. The van der Waals surface area contributed by atoms with Gasteiger partial charge in [-0.2, -0.15) is 5.10 Å². The standard InChI is InChI=1S/C21H26FN5O2/c1-14-20(15(2)27(24-14)17-7-5-16(22)6-8-17)21(29)25-10-3-4-18(13-25)26-11-9-23-12-19(26)28/h5-8,18,23H,3-4,9-13H2,1-2H3. The molecule has 0 spiro atoms. The van der Waals surface area contributed by atoms with Crippen LogP contribution in [0.4, 0.5) is 4.39 Å². The Morgan fingerprint density at radius 2 is 1.97 bits per heavy atom. The maximum atomic E-state index is 13.3. The molecule has 1 unspecified atom stereocenters. The second kappa shape index (κ2) is 7.94. The monoisotopic (exact) mass is 399 g/mol. The molecule has 7 nitrogen and oxygen atoms in total. The molecule has 2 saturated heterocycles. The zero-order valence-electron chi connectivity index (χ0n) is 16.8. The van der Waals surface area contributed by atoms with Crippen molar-refractivity contribution in [2.24, 2.45) is 0 Å². The number of nitrogens with zero attached hydrogens (tertiary/aromatic N) is 4. The molecular formula is C21H26FN5O2. The highest BCUT2D eigenvalue weighted by Gasteiger charge is 2.33. The van der Waals surface area contributed by atoms with Crippen molar-refractivity contribution < 1.29 is 14.0 Å². The van der Waals surface area contributed by atoms with Crippen molar-refractivity contribution >= 4 is 11.8 Å². The van der Waals surface area contributed by atoms with Gasteiger partial charge < -0.3 is 15.1 Å². The number of nitrogens with one attached hydrogen (secondary N) is 1. The first-order valence-corrected chi connectivity index (χ1v) is 10.1. The van der Waals surface area contributed by atoms with Crippen LogP contribution >= 0.6 is 0 Å². The summed E-state index contributed by atoms with van der Waals surface area (Å²) < 4.78 is 14.9. The average molecular weight is 399 g/mol. The predicted octanol–water partition coefficient (Wildman–Crippen LogP) is 1.66. The van der Waals surface area contributed by atoms with Gasteiger partial charge in [0, 0.05) is 32.2 Å². The second-order valence-corrected chi connectivity index (χ2v) is 7.75. The van der Waals surface area contributed by atoms with Gasteiger partial charge in [0.15, 0.2) is 0 Å². The molecular weight excluding hydrogens is 373 g/mol. The van der Waals surface area contributed by atoms with Crippen LogP contribution in [0.5, 0.6) is 0 Å². The number of benzene rings is 1. The second-order valence-electron chi connectivity index (χ2n) is 7.75. The van der Waals surface area contributed by atoms with Crippen LogP contribution in [-0.4, -0.2) is 70.2 Å². The number of likely N-dealkylation sites (tertiary alicyclic amines) is 1. The maximum absolute atomic E-state index is 13.3. The topological polar surface area (TPSA) is 70.5 Å². The summed E-state index contributed by atoms with van der Waals surface area (Å²) in [5.74, 6) is -0.263. The first kappa shape index (κ1) is 19.6. The van der Waals surface area contributed by atoms with Gasteiger partial charge in [-0.15, -0.1) is 0 Å². The lowest BCUT2D eigenvalue weighted by molar-refractivity contribution is -0.135. The van der Waals surface area contributed by atoms with Crippen molar-refractivity contribution in [3.05, 3.63) is 47.0 Å². The van der Waals surface area contributed by atoms with Gasteiger partial charge in [-0.05, 0) is 51.0 Å². The lowest BCUT2D eigenvalue weighted by Crippen LogP contribution is -2.57. The van der Waals surface area contributed by atoms with Crippen molar-refractivity contribution in [1.82, 2.24) is 24.9 Å². The molecule has 154 valence electrons. The van der Waals surface area contributed by atoms with Gasteiger partial charge >= 0.3 is 0 Å². The van der Waals surface area contributed by atoms with Crippen LogP contribution in [-0.2, 0) is 4.79 Å². The van der Waals surface area contributed by atoms with Gasteiger partial charge in [-0.1, -0.05) is 0 Å². The van der Waals surface area contributed by atoms with E-state index in [4.69, 9.17) is 0 Å². The van der Waals surface area contributed by atoms with Gasteiger partial charge in [-0.25, -0.2) is 9.07 Å². The molecule has 2 aromatic rings. The van der Waals surface area contributed by atoms with E-state index >= 15 is 0 Å². The van der Waals surface area contributed by atoms with Gasteiger partial charge in [-0.3, -0.25) is 9.59 Å². The molecule has 8 heteroatoms. The number of amides is 2. The number of hydrogen-bond donors (Lipinski definition) is 1. The summed E-state index contributed by atoms with van der Waals surface area (Å²) in [7, 11) is 0. The highest BCUT2D eigenvalue weighted by atomic mass is 19.1. The van der Waals surface area contributed by atoms with Gasteiger partial charge in [0.25, 0.3) is 5.91 Å². The van der Waals surface area contributed by atoms with Gasteiger partial charge in [0.1, 0.15) is 5.82 Å². The molecule has 2 aliphatic rings. The maximum Gasteiger partial charge on any atom is 0.257 e. The molecule has 2 aliphatic heterocycles. The van der Waals surface area contributed by atoms with Crippen molar-refractivity contribution in [3.63, 3.8) is 0 Å². The quantitative estimate of drug-likeness (QED) is 0.852. The SMILES string of the molecule is Cc1nn(-c2ccc(F)cc2)c(C)c1C(=O)N1CCCC(N2CCNCC2=O)C1. The third-order valence-electron chi connectivity index (χ3n) is 5.83. The first-order valence-electron chi connectivity index (χ1n) is 10.1. The van der Waals surface area contributed by atoms with E-state index in [0.717, 1.165) is 25.1 Å². The Balaban J connectivity index is 1.56. The van der Waals surface area contributed by atoms with Crippen molar-refractivity contribution in [2.75, 3.05) is 32.7 Å². The summed E-state index contributed by atoms with van der Waals surface area (Å²) in [6, 6.07) is 6.13. The highest BCUT2D eigenvalue weighted by Crippen LogP contribution is 2.23. The van der Waals surface area contributed by atoms with E-state index in [2.05, 4.69) is 10.4 Å². The third kappa shape index (κ3) is 3.76. The van der Waals surface area contributed by atoms with E-state index in [-0.39, 0.29) is 23.7 Å². The van der Waals surface area contributed by atoms with Crippen LogP contribution in [0.25, 0.3) is 5.69 Å². The lowest BCUT2D eigenvalue weighted by Gasteiger charge is -2.41. The molecule has 29 heavy (non-hydrogen) atoms. The van der Waals surface area contributed by atoms with Crippen LogP contribution in [0.15, 0.2) is 24.3 Å². The number of halogens is 1. The molecule has 2 fully saturated rings. The van der Waals surface area contributed by atoms with Gasteiger partial charge in [0.2, 0.25) is 5.91 Å². The number of piperidine rings is 1. The number of aromatic nitrogens is 2. The van der Waals surface area contributed by atoms with Crippen LogP contribution in [0.3, 0.4) is 0 Å². The highest BCUT2D eigenvalue weighted by molar-refractivity contribution is 5.96. The van der Waals surface area contributed by atoms with E-state index in [1.54, 1.807) is 16.8 Å². The fourth-order valence-electron chi connectivity index (χ4n) is 4.34. The predicted molar refractivity (Wildman–Crippen MR) is 107 cm³/mol. The van der Waals surface area contributed by atoms with Crippen LogP contribution in [0, 0.1) is 19.7 Å². The normalized spacial score (nSPS) is 20.2. The lowest BCUT2D eigenvalue weighted by atomic mass is 10.0. The van der Waals surface area contributed by atoms with Crippen LogP contribution in [0.2, 0.25) is 0 Å². The molecule has 3 heterocycles. The summed E-state index contributed by atoms with van der Waals surface area (Å²) in [6.45, 7) is 6.75. The molecule has 4 rings (SSSR count). The molecule has 1 aromatic heterocycles. The fraction of sp³-hybridized carbons (Fsp3) is 0.476. The zero-order chi connectivity index (χ0) is 20.5. The Labute approximate surface area is 169 Å². The Hall–Kier alpha value is -2.74. The molecule has 0 bridgehead atoms. The number of carbonyl (C=O) groups is 2. The summed E-state index contributed by atoms with van der Waals surface area (Å²) in [5.41, 5.74) is 2.69. The minimum absolute atomic E-state index is 0.0550. The number of hydrogen-bond acceptors (Lipinski definition) is 4. The van der Waals surface area contributed by atoms with Crippen molar-refractivity contribution in [3.8, 4) is 5.69 Å². The molecule has 0 aliphatic carbocycles. The third-order valence-corrected chi connectivity index (χ3v) is 5.83. The number of aryl methyl sites for hydroxylation is 1. The minimum atomic E-state index is -0.312. The smallest absolute Gasteiger partial charge is 0.257 e. The van der Waals surface area contributed by atoms with Crippen LogP contribution in [0.1, 0.15) is 34.6 Å². The zero-order valence-corrected chi connectivity index (χ0v) is 16.8. The number of rotatable bonds is 3. The Kier molecular flexibility index (Phi) is 5.36. The molecule has 0 saturated carbocycles. The molecule has 0 radical (unpaired) electrons. The van der Waals surface area contributed by atoms with Crippen molar-refractivity contribution in [1.29, 1.82) is 0 Å². The van der Waals surface area contributed by atoms with E-state index in [1.807, 2.05) is 23.6 Å². The van der Waals surface area contributed by atoms with Crippen LogP contribution < -0.4 is 5.32 Å². The minimum Gasteiger partial charge on any atom is -0.336 e. The van der Waals surface area contributed by atoms with E-state index in [9.17, 15) is 14.0 Å². The molecule has 1 N–H and O–H groups in total. The first-order chi connectivity index (χ1) is 14.0. The Morgan fingerprint density at radius 3 is 2.69 bits per heavy atom. The summed E-state index contributed by atoms with van der Waals surface area (Å²) in [4.78, 5) is 29.4. The van der Waals surface area contributed by atoms with E-state index < -0.39 is 0 Å². The van der Waals surface area contributed by atoms with E-state index in [1.165, 1.54) is 12.1 Å². The van der Waals surface area contributed by atoms with Crippen molar-refractivity contribution in [2.45, 2.75) is 32.7 Å². The van der Waals surface area contributed by atoms with E-state index in [0.29, 0.717) is 43.1 Å². The molecule has 1 atom stereocenters. The van der Waals surface area contributed by atoms with Gasteiger partial charge in [0.05, 0.1) is 29.2 Å². The Morgan fingerprint density at radius 1 is 1.21 bits per heavy atom. The number of carbonyl (C=O) groups excluding carboxylic acids is 2. The fourth-order valence-corrected chi connectivity index (χ4v) is 4.34. The summed E-state index contributed by atoms with van der Waals surface area (Å²) >= 11 is 0. The largest absolute Gasteiger partial charge is 0.336 e. The average Bonchev–Trinajstić information content (AvgIpc) is 3.02. The Bertz CT molecular complexity index is 924.